The quantitative estimate of drug-likeness (QED) is 0.543. The molecule has 0 fully saturated rings. The predicted octanol–water partition coefficient (Wildman–Crippen LogP) is 4.05. The van der Waals surface area contributed by atoms with Crippen LogP contribution in [-0.4, -0.2) is 27.7 Å². The van der Waals surface area contributed by atoms with E-state index in [-0.39, 0.29) is 6.61 Å². The summed E-state index contributed by atoms with van der Waals surface area (Å²) in [5, 5.41) is 20.4. The molecular formula is C17H12ClN5OS. The van der Waals surface area contributed by atoms with E-state index in [1.54, 1.807) is 30.5 Å². The number of rotatable bonds is 5. The number of nitrogens with zero attached hydrogens (tertiary/aromatic N) is 4. The van der Waals surface area contributed by atoms with Gasteiger partial charge in [-0.2, -0.15) is 20.1 Å². The lowest BCUT2D eigenvalue weighted by Gasteiger charge is -2.02. The van der Waals surface area contributed by atoms with Gasteiger partial charge in [-0.3, -0.25) is 0 Å². The van der Waals surface area contributed by atoms with E-state index in [1.165, 1.54) is 4.68 Å². The van der Waals surface area contributed by atoms with Crippen LogP contribution in [0.15, 0.2) is 53.6 Å². The molecule has 3 aromatic rings. The van der Waals surface area contributed by atoms with Gasteiger partial charge in [-0.05, 0) is 54.2 Å². The van der Waals surface area contributed by atoms with Crippen molar-refractivity contribution in [1.82, 2.24) is 14.9 Å². The van der Waals surface area contributed by atoms with Gasteiger partial charge in [0.2, 0.25) is 4.77 Å². The first-order valence-electron chi connectivity index (χ1n) is 7.25. The highest BCUT2D eigenvalue weighted by atomic mass is 35.5. The Balaban J connectivity index is 1.86. The average Bonchev–Trinajstić information content (AvgIpc) is 3.00. The smallest absolute Gasteiger partial charge is 0.216 e. The molecule has 1 N–H and O–H groups in total. The van der Waals surface area contributed by atoms with Crippen LogP contribution in [0.1, 0.15) is 5.56 Å². The molecule has 1 heterocycles. The number of nitrogens with one attached hydrogen (secondary N) is 1. The van der Waals surface area contributed by atoms with E-state index in [0.29, 0.717) is 21.4 Å². The number of aromatic amines is 1. The Bertz CT molecular complexity index is 1000. The summed E-state index contributed by atoms with van der Waals surface area (Å²) in [5.41, 5.74) is 1.65. The highest BCUT2D eigenvalue weighted by Crippen LogP contribution is 2.21. The molecule has 0 aliphatic carbocycles. The summed E-state index contributed by atoms with van der Waals surface area (Å²) in [6.45, 7) is 0.0145. The average molecular weight is 370 g/mol. The van der Waals surface area contributed by atoms with E-state index in [2.05, 4.69) is 15.3 Å². The normalized spacial score (nSPS) is 10.7. The van der Waals surface area contributed by atoms with Gasteiger partial charge in [0.25, 0.3) is 0 Å². The fourth-order valence-electron chi connectivity index (χ4n) is 2.10. The van der Waals surface area contributed by atoms with Gasteiger partial charge in [-0.1, -0.05) is 23.7 Å². The van der Waals surface area contributed by atoms with E-state index >= 15 is 0 Å². The molecule has 0 radical (unpaired) electrons. The largest absolute Gasteiger partial charge is 0.479 e. The third-order valence-electron chi connectivity index (χ3n) is 3.24. The number of nitriles is 1. The minimum Gasteiger partial charge on any atom is -0.479 e. The first-order chi connectivity index (χ1) is 12.2. The molecule has 0 aliphatic rings. The summed E-state index contributed by atoms with van der Waals surface area (Å²) in [4.78, 5) is 0. The van der Waals surface area contributed by atoms with Crippen molar-refractivity contribution in [2.24, 2.45) is 5.10 Å². The highest BCUT2D eigenvalue weighted by Gasteiger charge is 2.08. The van der Waals surface area contributed by atoms with Crippen molar-refractivity contribution < 1.29 is 4.74 Å². The maximum absolute atomic E-state index is 8.51. The molecule has 3 rings (SSSR count). The van der Waals surface area contributed by atoms with Crippen molar-refractivity contribution >= 4 is 30.0 Å². The van der Waals surface area contributed by atoms with Crippen molar-refractivity contribution in [1.29, 1.82) is 5.26 Å². The van der Waals surface area contributed by atoms with Crippen molar-refractivity contribution in [2.75, 3.05) is 6.61 Å². The molecule has 124 valence electrons. The Hall–Kier alpha value is -2.95. The lowest BCUT2D eigenvalue weighted by atomic mass is 10.2. The van der Waals surface area contributed by atoms with E-state index < -0.39 is 0 Å². The number of benzene rings is 2. The van der Waals surface area contributed by atoms with Gasteiger partial charge in [0.1, 0.15) is 11.8 Å². The number of hydrogen-bond acceptors (Lipinski definition) is 5. The van der Waals surface area contributed by atoms with Gasteiger partial charge < -0.3 is 4.74 Å². The summed E-state index contributed by atoms with van der Waals surface area (Å²) in [6.07, 6.45) is 1.66. The molecule has 0 aliphatic heterocycles. The summed E-state index contributed by atoms with van der Waals surface area (Å²) < 4.78 is 7.12. The van der Waals surface area contributed by atoms with Crippen molar-refractivity contribution in [3.05, 3.63) is 63.9 Å². The van der Waals surface area contributed by atoms with Crippen LogP contribution in [0.4, 0.5) is 0 Å². The van der Waals surface area contributed by atoms with Crippen LogP contribution >= 0.6 is 23.8 Å². The van der Waals surface area contributed by atoms with E-state index in [9.17, 15) is 0 Å². The number of aromatic nitrogens is 3. The van der Waals surface area contributed by atoms with Crippen molar-refractivity contribution in [3.63, 3.8) is 0 Å². The van der Waals surface area contributed by atoms with E-state index in [1.807, 2.05) is 30.3 Å². The zero-order chi connectivity index (χ0) is 17.6. The Morgan fingerprint density at radius 1 is 1.32 bits per heavy atom. The van der Waals surface area contributed by atoms with E-state index in [0.717, 1.165) is 11.1 Å². The lowest BCUT2D eigenvalue weighted by Crippen LogP contribution is -1.96. The maximum Gasteiger partial charge on any atom is 0.216 e. The molecule has 0 spiro atoms. The number of H-pyrrole nitrogens is 1. The minimum absolute atomic E-state index is 0.0145. The molecule has 0 saturated carbocycles. The molecule has 6 nitrogen and oxygen atoms in total. The number of halogens is 1. The third kappa shape index (κ3) is 4.12. The van der Waals surface area contributed by atoms with Crippen LogP contribution in [0.25, 0.3) is 11.4 Å². The van der Waals surface area contributed by atoms with Crippen LogP contribution in [0.3, 0.4) is 0 Å². The molecule has 0 atom stereocenters. The van der Waals surface area contributed by atoms with Crippen LogP contribution in [0, 0.1) is 16.1 Å². The van der Waals surface area contributed by atoms with Crippen molar-refractivity contribution in [2.45, 2.75) is 0 Å². The fourth-order valence-corrected chi connectivity index (χ4v) is 2.47. The lowest BCUT2D eigenvalue weighted by molar-refractivity contribution is 0.368. The maximum atomic E-state index is 8.51. The first kappa shape index (κ1) is 16.9. The second kappa shape index (κ2) is 7.75. The van der Waals surface area contributed by atoms with Crippen molar-refractivity contribution in [3.8, 4) is 23.2 Å². The minimum atomic E-state index is 0.0145. The fraction of sp³-hybridized carbons (Fsp3) is 0.0588. The third-order valence-corrected chi connectivity index (χ3v) is 3.74. The Labute approximate surface area is 154 Å². The zero-order valence-electron chi connectivity index (χ0n) is 12.9. The second-order valence-electron chi connectivity index (χ2n) is 4.93. The van der Waals surface area contributed by atoms with Crippen LogP contribution in [-0.2, 0) is 0 Å². The molecule has 1 aromatic heterocycles. The van der Waals surface area contributed by atoms with Gasteiger partial charge in [-0.25, -0.2) is 5.10 Å². The van der Waals surface area contributed by atoms with Gasteiger partial charge >= 0.3 is 0 Å². The first-order valence-corrected chi connectivity index (χ1v) is 8.03. The van der Waals surface area contributed by atoms with Crippen LogP contribution in [0.5, 0.6) is 5.75 Å². The molecule has 0 bridgehead atoms. The van der Waals surface area contributed by atoms with Gasteiger partial charge in [-0.15, -0.1) is 0 Å². The van der Waals surface area contributed by atoms with Crippen LogP contribution in [0.2, 0.25) is 5.02 Å². The molecule has 25 heavy (non-hydrogen) atoms. The van der Waals surface area contributed by atoms with Gasteiger partial charge in [0, 0.05) is 10.6 Å². The number of hydrogen-bond donors (Lipinski definition) is 1. The topological polar surface area (TPSA) is 79.0 Å². The molecule has 8 heteroatoms. The Morgan fingerprint density at radius 2 is 2.12 bits per heavy atom. The van der Waals surface area contributed by atoms with Crippen LogP contribution < -0.4 is 4.74 Å². The zero-order valence-corrected chi connectivity index (χ0v) is 14.5. The molecular weight excluding hydrogens is 358 g/mol. The second-order valence-corrected chi connectivity index (χ2v) is 5.76. The highest BCUT2D eigenvalue weighted by molar-refractivity contribution is 7.71. The SMILES string of the molecule is N#CCOc1ccc(/C=N\n2c(-c3cccc(Cl)c3)n[nH]c2=S)cc1. The van der Waals surface area contributed by atoms with Gasteiger partial charge in [0.15, 0.2) is 12.4 Å². The molecule has 0 amide bonds. The molecule has 0 unspecified atom stereocenters. The molecule has 0 saturated heterocycles. The summed E-state index contributed by atoms with van der Waals surface area (Å²) in [5.74, 6) is 1.19. The monoisotopic (exact) mass is 369 g/mol. The Morgan fingerprint density at radius 3 is 2.84 bits per heavy atom. The standard InChI is InChI=1S/C17H12ClN5OS/c18-14-3-1-2-13(10-14)16-21-22-17(25)23(16)20-11-12-4-6-15(7-5-12)24-9-8-19/h1-7,10-11H,9H2,(H,22,25)/b20-11-. The van der Waals surface area contributed by atoms with Gasteiger partial charge in [0.05, 0.1) is 6.21 Å². The summed E-state index contributed by atoms with van der Waals surface area (Å²) in [6, 6.07) is 16.4. The molecule has 2 aromatic carbocycles. The number of ether oxygens (including phenoxy) is 1. The Kier molecular flexibility index (Phi) is 5.23. The summed E-state index contributed by atoms with van der Waals surface area (Å²) in [7, 11) is 0. The van der Waals surface area contributed by atoms with E-state index in [4.69, 9.17) is 33.8 Å². The predicted molar refractivity (Wildman–Crippen MR) is 98.4 cm³/mol. The summed E-state index contributed by atoms with van der Waals surface area (Å²) >= 11 is 11.3.